The number of amides is 1. The average Bonchev–Trinajstić information content (AvgIpc) is 2.39. The van der Waals surface area contributed by atoms with E-state index in [9.17, 15) is 9.18 Å². The van der Waals surface area contributed by atoms with Crippen LogP contribution in [0.3, 0.4) is 0 Å². The van der Waals surface area contributed by atoms with Crippen molar-refractivity contribution in [2.24, 2.45) is 0 Å². The van der Waals surface area contributed by atoms with Crippen LogP contribution in [-0.2, 0) is 4.79 Å². The molecular formula is C12H16FN3O. The number of aromatic nitrogens is 1. The van der Waals surface area contributed by atoms with Gasteiger partial charge in [-0.05, 0) is 31.4 Å². The Kier molecular flexibility index (Phi) is 3.90. The van der Waals surface area contributed by atoms with Crippen LogP contribution in [0.2, 0.25) is 0 Å². The number of piperidine rings is 1. The zero-order valence-corrected chi connectivity index (χ0v) is 9.66. The Morgan fingerprint density at radius 1 is 1.35 bits per heavy atom. The maximum Gasteiger partial charge on any atom is 0.241 e. The number of hydrogen-bond acceptors (Lipinski definition) is 3. The Labute approximate surface area is 99.8 Å². The van der Waals surface area contributed by atoms with E-state index in [1.54, 1.807) is 0 Å². The first-order valence-corrected chi connectivity index (χ1v) is 5.89. The van der Waals surface area contributed by atoms with Gasteiger partial charge in [-0.3, -0.25) is 4.79 Å². The minimum absolute atomic E-state index is 0.0795. The first kappa shape index (κ1) is 11.8. The lowest BCUT2D eigenvalue weighted by molar-refractivity contribution is -0.130. The van der Waals surface area contributed by atoms with Crippen molar-refractivity contribution in [3.63, 3.8) is 0 Å². The first-order valence-electron chi connectivity index (χ1n) is 5.89. The minimum Gasteiger partial charge on any atom is -0.361 e. The highest BCUT2D eigenvalue weighted by atomic mass is 19.1. The van der Waals surface area contributed by atoms with Crippen LogP contribution in [0.1, 0.15) is 19.3 Å². The maximum absolute atomic E-state index is 12.6. The van der Waals surface area contributed by atoms with Crippen molar-refractivity contribution < 1.29 is 9.18 Å². The predicted molar refractivity (Wildman–Crippen MR) is 63.1 cm³/mol. The molecule has 2 rings (SSSR count). The number of nitrogens with zero attached hydrogens (tertiary/aromatic N) is 2. The number of hydrogen-bond donors (Lipinski definition) is 1. The van der Waals surface area contributed by atoms with E-state index in [1.807, 2.05) is 4.90 Å². The second kappa shape index (κ2) is 5.61. The van der Waals surface area contributed by atoms with Crippen molar-refractivity contribution in [3.8, 4) is 0 Å². The summed E-state index contributed by atoms with van der Waals surface area (Å²) < 4.78 is 12.6. The third-order valence-electron chi connectivity index (χ3n) is 2.86. The molecule has 0 bridgehead atoms. The lowest BCUT2D eigenvalue weighted by Crippen LogP contribution is -2.39. The number of anilines is 1. The van der Waals surface area contributed by atoms with Crippen LogP contribution in [0.25, 0.3) is 0 Å². The normalized spacial score (nSPS) is 15.7. The average molecular weight is 237 g/mol. The summed E-state index contributed by atoms with van der Waals surface area (Å²) in [6.07, 6.45) is 4.51. The van der Waals surface area contributed by atoms with Gasteiger partial charge in [0.05, 0.1) is 12.7 Å². The van der Waals surface area contributed by atoms with E-state index in [0.29, 0.717) is 5.82 Å². The monoisotopic (exact) mass is 237 g/mol. The van der Waals surface area contributed by atoms with Crippen LogP contribution in [0.5, 0.6) is 0 Å². The molecule has 17 heavy (non-hydrogen) atoms. The molecule has 1 amide bonds. The van der Waals surface area contributed by atoms with Gasteiger partial charge in [0.1, 0.15) is 11.6 Å². The third-order valence-corrected chi connectivity index (χ3v) is 2.86. The van der Waals surface area contributed by atoms with Crippen LogP contribution in [0.15, 0.2) is 18.3 Å². The zero-order chi connectivity index (χ0) is 12.1. The van der Waals surface area contributed by atoms with Crippen LogP contribution < -0.4 is 5.32 Å². The molecule has 0 spiro atoms. The van der Waals surface area contributed by atoms with Gasteiger partial charge in [-0.25, -0.2) is 9.37 Å². The largest absolute Gasteiger partial charge is 0.361 e. The summed E-state index contributed by atoms with van der Waals surface area (Å²) in [5.74, 6) is 0.227. The quantitative estimate of drug-likeness (QED) is 0.869. The molecule has 0 atom stereocenters. The third kappa shape index (κ3) is 3.41. The van der Waals surface area contributed by atoms with Gasteiger partial charge in [-0.2, -0.15) is 0 Å². The van der Waals surface area contributed by atoms with Crippen molar-refractivity contribution in [2.75, 3.05) is 25.0 Å². The Bertz CT molecular complexity index is 374. The van der Waals surface area contributed by atoms with Crippen molar-refractivity contribution in [1.82, 2.24) is 9.88 Å². The van der Waals surface area contributed by atoms with Gasteiger partial charge in [0, 0.05) is 13.1 Å². The molecule has 1 saturated heterocycles. The molecule has 1 aromatic rings. The number of nitrogens with one attached hydrogen (secondary N) is 1. The van der Waals surface area contributed by atoms with Gasteiger partial charge in [0.25, 0.3) is 0 Å². The summed E-state index contributed by atoms with van der Waals surface area (Å²) in [5, 5.41) is 2.90. The topological polar surface area (TPSA) is 45.2 Å². The molecular weight excluding hydrogens is 221 g/mol. The number of pyridine rings is 1. The van der Waals surface area contributed by atoms with E-state index in [-0.39, 0.29) is 18.3 Å². The molecule has 1 fully saturated rings. The highest BCUT2D eigenvalue weighted by Gasteiger charge is 2.15. The highest BCUT2D eigenvalue weighted by molar-refractivity contribution is 5.80. The van der Waals surface area contributed by atoms with E-state index in [1.165, 1.54) is 18.6 Å². The van der Waals surface area contributed by atoms with Crippen molar-refractivity contribution in [3.05, 3.63) is 24.1 Å². The number of carbonyl (C=O) groups excluding carboxylic acids is 1. The molecule has 1 N–H and O–H groups in total. The van der Waals surface area contributed by atoms with Gasteiger partial charge in [0.15, 0.2) is 0 Å². The standard InChI is InChI=1S/C12H16FN3O/c13-10-4-5-11(14-8-10)15-9-12(17)16-6-2-1-3-7-16/h4-5,8H,1-3,6-7,9H2,(H,14,15). The number of carbonyl (C=O) groups is 1. The molecule has 0 unspecified atom stereocenters. The summed E-state index contributed by atoms with van der Waals surface area (Å²) >= 11 is 0. The first-order chi connectivity index (χ1) is 8.25. The maximum atomic E-state index is 12.6. The summed E-state index contributed by atoms with van der Waals surface area (Å²) in [6, 6.07) is 2.85. The van der Waals surface area contributed by atoms with Gasteiger partial charge in [0.2, 0.25) is 5.91 Å². The summed E-state index contributed by atoms with van der Waals surface area (Å²) in [6.45, 7) is 1.91. The fourth-order valence-corrected chi connectivity index (χ4v) is 1.90. The summed E-state index contributed by atoms with van der Waals surface area (Å²) in [4.78, 5) is 17.5. The predicted octanol–water partition coefficient (Wildman–Crippen LogP) is 1.65. The Morgan fingerprint density at radius 3 is 2.76 bits per heavy atom. The molecule has 0 aromatic carbocycles. The fraction of sp³-hybridized carbons (Fsp3) is 0.500. The molecule has 2 heterocycles. The molecule has 5 heteroatoms. The number of halogens is 1. The highest BCUT2D eigenvalue weighted by Crippen LogP contribution is 2.09. The minimum atomic E-state index is -0.377. The summed E-state index contributed by atoms with van der Waals surface area (Å²) in [7, 11) is 0. The lowest BCUT2D eigenvalue weighted by Gasteiger charge is -2.26. The molecule has 0 aliphatic carbocycles. The Morgan fingerprint density at radius 2 is 2.12 bits per heavy atom. The van der Waals surface area contributed by atoms with E-state index in [4.69, 9.17) is 0 Å². The molecule has 0 radical (unpaired) electrons. The smallest absolute Gasteiger partial charge is 0.241 e. The van der Waals surface area contributed by atoms with Gasteiger partial charge >= 0.3 is 0 Å². The molecule has 92 valence electrons. The van der Waals surface area contributed by atoms with E-state index < -0.39 is 0 Å². The van der Waals surface area contributed by atoms with Gasteiger partial charge in [-0.15, -0.1) is 0 Å². The summed E-state index contributed by atoms with van der Waals surface area (Å²) in [5.41, 5.74) is 0. The lowest BCUT2D eigenvalue weighted by atomic mass is 10.1. The zero-order valence-electron chi connectivity index (χ0n) is 9.66. The Balaban J connectivity index is 1.81. The second-order valence-corrected chi connectivity index (χ2v) is 4.16. The van der Waals surface area contributed by atoms with Gasteiger partial charge in [-0.1, -0.05) is 0 Å². The number of rotatable bonds is 3. The van der Waals surface area contributed by atoms with Crippen molar-refractivity contribution in [2.45, 2.75) is 19.3 Å². The fourth-order valence-electron chi connectivity index (χ4n) is 1.90. The Hall–Kier alpha value is -1.65. The molecule has 4 nitrogen and oxygen atoms in total. The van der Waals surface area contributed by atoms with E-state index in [2.05, 4.69) is 10.3 Å². The van der Waals surface area contributed by atoms with E-state index >= 15 is 0 Å². The van der Waals surface area contributed by atoms with Crippen LogP contribution in [0, 0.1) is 5.82 Å². The van der Waals surface area contributed by atoms with Crippen molar-refractivity contribution >= 4 is 11.7 Å². The molecule has 1 aliphatic rings. The molecule has 1 aliphatic heterocycles. The molecule has 0 saturated carbocycles. The van der Waals surface area contributed by atoms with Crippen LogP contribution in [-0.4, -0.2) is 35.4 Å². The molecule has 1 aromatic heterocycles. The van der Waals surface area contributed by atoms with Crippen LogP contribution in [0.4, 0.5) is 10.2 Å². The SMILES string of the molecule is O=C(CNc1ccc(F)cn1)N1CCCCC1. The van der Waals surface area contributed by atoms with Crippen molar-refractivity contribution in [1.29, 1.82) is 0 Å². The number of likely N-dealkylation sites (tertiary alicyclic amines) is 1. The second-order valence-electron chi connectivity index (χ2n) is 4.16. The van der Waals surface area contributed by atoms with E-state index in [0.717, 1.165) is 32.1 Å². The van der Waals surface area contributed by atoms with Crippen LogP contribution >= 0.6 is 0 Å². The van der Waals surface area contributed by atoms with Gasteiger partial charge < -0.3 is 10.2 Å².